The highest BCUT2D eigenvalue weighted by atomic mass is 16.8. The Morgan fingerprint density at radius 1 is 0.556 bits per heavy atom. The zero-order valence-electron chi connectivity index (χ0n) is 37.6. The van der Waals surface area contributed by atoms with Crippen molar-refractivity contribution in [1.82, 2.24) is 10.6 Å². The SMILES string of the molecule is CCCCCCCCCCCCNC(CC(=O)OC[C@H]1O[C@@](CO)(O[C@H]2O[C@H](COC(=O)CC(NCCCCCCCCCCCC)C(=O)O)[C@@H](O)[C@H](O)[C@H]2O)[C@@H](O)[C@@H]1O)C(=O)O. The largest absolute Gasteiger partial charge is 0.480 e. The Morgan fingerprint density at radius 2 is 0.952 bits per heavy atom. The molecule has 2 fully saturated rings. The Balaban J connectivity index is 1.83. The molecule has 0 radical (unpaired) electrons. The molecule has 0 spiro atoms. The summed E-state index contributed by atoms with van der Waals surface area (Å²) in [6, 6.07) is -2.50. The number of hydrogen-bond donors (Lipinski definition) is 10. The maximum Gasteiger partial charge on any atom is 0.321 e. The summed E-state index contributed by atoms with van der Waals surface area (Å²) < 4.78 is 27.1. The van der Waals surface area contributed by atoms with Crippen LogP contribution in [0.1, 0.15) is 155 Å². The fraction of sp³-hybridized carbons (Fsp3) is 0.909. The van der Waals surface area contributed by atoms with Gasteiger partial charge in [-0.25, -0.2) is 0 Å². The van der Waals surface area contributed by atoms with Crippen LogP contribution in [0.4, 0.5) is 0 Å². The number of rotatable bonds is 37. The van der Waals surface area contributed by atoms with Crippen molar-refractivity contribution in [1.29, 1.82) is 0 Å². The summed E-state index contributed by atoms with van der Waals surface area (Å²) in [7, 11) is 0. The zero-order chi connectivity index (χ0) is 46.6. The number of esters is 2. The number of carboxylic acids is 2. The topological polar surface area (TPSA) is 300 Å². The van der Waals surface area contributed by atoms with Gasteiger partial charge < -0.3 is 75.2 Å². The van der Waals surface area contributed by atoms with Gasteiger partial charge in [-0.3, -0.25) is 19.2 Å². The highest BCUT2D eigenvalue weighted by Gasteiger charge is 2.59. The first-order valence-electron chi connectivity index (χ1n) is 23.5. The molecule has 0 amide bonds. The van der Waals surface area contributed by atoms with Gasteiger partial charge in [0.15, 0.2) is 6.29 Å². The molecule has 2 rings (SSSR count). The van der Waals surface area contributed by atoms with Crippen LogP contribution in [0.2, 0.25) is 0 Å². The lowest BCUT2D eigenvalue weighted by Crippen LogP contribution is -2.62. The third-order valence-electron chi connectivity index (χ3n) is 11.7. The fourth-order valence-corrected chi connectivity index (χ4v) is 7.68. The summed E-state index contributed by atoms with van der Waals surface area (Å²) in [6.07, 6.45) is 6.35. The van der Waals surface area contributed by atoms with E-state index in [1.807, 2.05) is 0 Å². The van der Waals surface area contributed by atoms with E-state index in [1.54, 1.807) is 0 Å². The molecule has 0 saturated carbocycles. The summed E-state index contributed by atoms with van der Waals surface area (Å²) in [6.45, 7) is 2.52. The van der Waals surface area contributed by atoms with Gasteiger partial charge in [-0.1, -0.05) is 129 Å². The lowest BCUT2D eigenvalue weighted by atomic mass is 9.99. The second-order valence-corrected chi connectivity index (χ2v) is 17.0. The Morgan fingerprint density at radius 3 is 1.35 bits per heavy atom. The number of nitrogens with one attached hydrogen (secondary N) is 2. The van der Waals surface area contributed by atoms with E-state index in [-0.39, 0.29) is 0 Å². The molecule has 2 saturated heterocycles. The minimum absolute atomic E-state index is 0.370. The molecular weight excluding hydrogens is 828 g/mol. The van der Waals surface area contributed by atoms with E-state index < -0.39 is 123 Å². The minimum Gasteiger partial charge on any atom is -0.480 e. The van der Waals surface area contributed by atoms with Gasteiger partial charge in [-0.15, -0.1) is 0 Å². The molecule has 11 atom stereocenters. The smallest absolute Gasteiger partial charge is 0.321 e. The number of carbonyl (C=O) groups excluding carboxylic acids is 2. The molecule has 0 aromatic carbocycles. The van der Waals surface area contributed by atoms with Crippen molar-refractivity contribution in [3.8, 4) is 0 Å². The summed E-state index contributed by atoms with van der Waals surface area (Å²) in [5.41, 5.74) is 0. The van der Waals surface area contributed by atoms with Crippen molar-refractivity contribution < 1.29 is 83.7 Å². The third-order valence-corrected chi connectivity index (χ3v) is 11.7. The maximum atomic E-state index is 12.7. The molecular formula is C44H80N2O17. The molecule has 0 aromatic heterocycles. The van der Waals surface area contributed by atoms with Crippen molar-refractivity contribution in [3.05, 3.63) is 0 Å². The second kappa shape index (κ2) is 32.2. The van der Waals surface area contributed by atoms with Gasteiger partial charge in [0.25, 0.3) is 0 Å². The lowest BCUT2D eigenvalue weighted by molar-refractivity contribution is -0.383. The molecule has 19 heteroatoms. The maximum absolute atomic E-state index is 12.7. The van der Waals surface area contributed by atoms with Crippen LogP contribution in [0.25, 0.3) is 0 Å². The standard InChI is InChI=1S/C44H80N2O17/c1-3-5-7-9-11-13-15-17-19-21-23-45-30(41(55)56)25-34(48)59-27-32-36(50)38(52)39(53)43(61-32)63-44(29-47)40(54)37(51)33(62-44)28-60-35(49)26-31(42(57)58)46-24-22-20-18-16-14-12-10-8-6-4-2/h30-33,36-40,43,45-47,50-54H,3-29H2,1-2H3,(H,55,56)(H,57,58)/t30?,31?,32-,33-,36-,37-,38+,39-,40+,43-,44+/m1/s1. The zero-order valence-corrected chi connectivity index (χ0v) is 37.6. The Labute approximate surface area is 372 Å². The first kappa shape index (κ1) is 56.6. The molecule has 368 valence electrons. The number of aliphatic carboxylic acids is 2. The molecule has 10 N–H and O–H groups in total. The van der Waals surface area contributed by atoms with E-state index in [1.165, 1.54) is 77.0 Å². The molecule has 19 nitrogen and oxygen atoms in total. The predicted octanol–water partition coefficient (Wildman–Crippen LogP) is 2.41. The van der Waals surface area contributed by atoms with Crippen LogP contribution >= 0.6 is 0 Å². The van der Waals surface area contributed by atoms with E-state index in [2.05, 4.69) is 24.5 Å². The molecule has 63 heavy (non-hydrogen) atoms. The quantitative estimate of drug-likeness (QED) is 0.0316. The molecule has 2 aliphatic rings. The summed E-state index contributed by atoms with van der Waals surface area (Å²) in [4.78, 5) is 49.0. The van der Waals surface area contributed by atoms with Crippen LogP contribution in [0.15, 0.2) is 0 Å². The van der Waals surface area contributed by atoms with Crippen molar-refractivity contribution in [3.63, 3.8) is 0 Å². The molecule has 2 heterocycles. The van der Waals surface area contributed by atoms with Crippen molar-refractivity contribution in [2.75, 3.05) is 32.9 Å². The number of unbranched alkanes of at least 4 members (excludes halogenated alkanes) is 18. The van der Waals surface area contributed by atoms with Crippen LogP contribution in [-0.2, 0) is 42.9 Å². The average Bonchev–Trinajstić information content (AvgIpc) is 3.49. The summed E-state index contributed by atoms with van der Waals surface area (Å²) >= 11 is 0. The van der Waals surface area contributed by atoms with Gasteiger partial charge in [-0.2, -0.15) is 0 Å². The van der Waals surface area contributed by atoms with Crippen LogP contribution in [0.3, 0.4) is 0 Å². The van der Waals surface area contributed by atoms with Crippen LogP contribution in [-0.4, -0.2) is 165 Å². The van der Waals surface area contributed by atoms with E-state index in [0.29, 0.717) is 13.1 Å². The van der Waals surface area contributed by atoms with E-state index >= 15 is 0 Å². The number of aliphatic hydroxyl groups is 6. The fourth-order valence-electron chi connectivity index (χ4n) is 7.68. The van der Waals surface area contributed by atoms with Gasteiger partial charge in [0.05, 0.1) is 12.8 Å². The van der Waals surface area contributed by atoms with Crippen LogP contribution < -0.4 is 10.6 Å². The first-order chi connectivity index (χ1) is 30.2. The van der Waals surface area contributed by atoms with Gasteiger partial charge in [0.2, 0.25) is 5.79 Å². The van der Waals surface area contributed by atoms with Crippen LogP contribution in [0, 0.1) is 0 Å². The number of hydrogen-bond acceptors (Lipinski definition) is 17. The Kier molecular flexibility index (Phi) is 28.9. The summed E-state index contributed by atoms with van der Waals surface area (Å²) in [5.74, 6) is -6.97. The lowest BCUT2D eigenvalue weighted by Gasteiger charge is -2.43. The van der Waals surface area contributed by atoms with Gasteiger partial charge in [0.1, 0.15) is 74.6 Å². The highest BCUT2D eigenvalue weighted by molar-refractivity contribution is 5.82. The van der Waals surface area contributed by atoms with Gasteiger partial charge in [0, 0.05) is 0 Å². The van der Waals surface area contributed by atoms with Crippen LogP contribution in [0.5, 0.6) is 0 Å². The molecule has 2 unspecified atom stereocenters. The Bertz CT molecular complexity index is 1280. The number of aliphatic hydroxyl groups excluding tert-OH is 6. The predicted molar refractivity (Wildman–Crippen MR) is 228 cm³/mol. The van der Waals surface area contributed by atoms with Crippen molar-refractivity contribution in [2.24, 2.45) is 0 Å². The Hall–Kier alpha value is -2.56. The number of carboxylic acid groups (broad SMARTS) is 2. The molecule has 2 aliphatic heterocycles. The monoisotopic (exact) mass is 909 g/mol. The highest BCUT2D eigenvalue weighted by Crippen LogP contribution is 2.36. The third kappa shape index (κ3) is 21.1. The number of ether oxygens (including phenoxy) is 5. The average molecular weight is 909 g/mol. The number of carbonyl (C=O) groups is 4. The molecule has 0 aromatic rings. The normalized spacial score (nSPS) is 26.9. The van der Waals surface area contributed by atoms with Gasteiger partial charge >= 0.3 is 23.9 Å². The molecule has 0 aliphatic carbocycles. The van der Waals surface area contributed by atoms with Crippen molar-refractivity contribution >= 4 is 23.9 Å². The minimum atomic E-state index is -2.53. The van der Waals surface area contributed by atoms with Gasteiger partial charge in [-0.05, 0) is 25.9 Å². The second-order valence-electron chi connectivity index (χ2n) is 17.0. The van der Waals surface area contributed by atoms with E-state index in [4.69, 9.17) is 23.7 Å². The van der Waals surface area contributed by atoms with Crippen molar-refractivity contribution in [2.45, 2.75) is 222 Å². The van der Waals surface area contributed by atoms with E-state index in [0.717, 1.165) is 51.4 Å². The molecule has 0 bridgehead atoms. The summed E-state index contributed by atoms with van der Waals surface area (Å²) in [5, 5.41) is 88.8. The first-order valence-corrected chi connectivity index (χ1v) is 23.5. The van der Waals surface area contributed by atoms with E-state index in [9.17, 15) is 60.0 Å².